The number of methoxy groups -OCH3 is 1. The van der Waals surface area contributed by atoms with Gasteiger partial charge in [0.05, 0.1) is 24.6 Å². The molecule has 0 amide bonds. The van der Waals surface area contributed by atoms with E-state index in [-0.39, 0.29) is 47.9 Å². The Labute approximate surface area is 398 Å². The van der Waals surface area contributed by atoms with Gasteiger partial charge < -0.3 is 40.4 Å². The van der Waals surface area contributed by atoms with Gasteiger partial charge in [-0.15, -0.1) is 0 Å². The molecule has 20 nitrogen and oxygen atoms in total. The summed E-state index contributed by atoms with van der Waals surface area (Å²) in [6, 6.07) is 0.433. The number of carbonyl (C=O) groups is 1. The van der Waals surface area contributed by atoms with E-state index in [0.717, 1.165) is 57.8 Å². The van der Waals surface area contributed by atoms with Crippen molar-refractivity contribution in [2.45, 2.75) is 153 Å². The number of aromatic nitrogens is 6. The summed E-state index contributed by atoms with van der Waals surface area (Å²) >= 11 is 0.573. The lowest BCUT2D eigenvalue weighted by Crippen LogP contribution is -2.58. The molecule has 3 aromatic heterocycles. The van der Waals surface area contributed by atoms with Crippen LogP contribution >= 0.6 is 18.2 Å². The second-order valence-electron chi connectivity index (χ2n) is 21.0. The molecular formula is C46H68N7O13PS. The number of H-pyrrole nitrogens is 1. The number of aliphatic hydroxyl groups is 4. The first-order valence-corrected chi connectivity index (χ1v) is 27.5. The third kappa shape index (κ3) is 9.15. The molecule has 376 valence electrons. The Morgan fingerprint density at radius 1 is 1.03 bits per heavy atom. The first-order chi connectivity index (χ1) is 32.5. The fourth-order valence-corrected chi connectivity index (χ4v) is 17.1. The van der Waals surface area contributed by atoms with E-state index < -0.39 is 85.5 Å². The molecule has 12 unspecified atom stereocenters. The predicted octanol–water partition coefficient (Wildman–Crippen LogP) is 4.67. The van der Waals surface area contributed by atoms with E-state index in [1.165, 1.54) is 36.6 Å². The van der Waals surface area contributed by atoms with Gasteiger partial charge in [0.2, 0.25) is 0 Å². The van der Waals surface area contributed by atoms with Crippen molar-refractivity contribution in [1.82, 2.24) is 29.1 Å². The zero-order valence-electron chi connectivity index (χ0n) is 39.2. The predicted molar refractivity (Wildman–Crippen MR) is 248 cm³/mol. The number of hydrogen-bond acceptors (Lipinski definition) is 18. The number of nitrogens with zero attached hydrogens (tertiary/aromatic N) is 5. The van der Waals surface area contributed by atoms with E-state index >= 15 is 0 Å². The zero-order chi connectivity index (χ0) is 48.3. The van der Waals surface area contributed by atoms with E-state index in [9.17, 15) is 39.4 Å². The molecule has 4 heterocycles. The van der Waals surface area contributed by atoms with Gasteiger partial charge in [0.15, 0.2) is 17.8 Å². The molecule has 0 bridgehead atoms. The smallest absolute Gasteiger partial charge is 0.395 e. The molecule has 0 radical (unpaired) electrons. The van der Waals surface area contributed by atoms with Crippen molar-refractivity contribution in [1.29, 1.82) is 0 Å². The number of fused-ring (bicyclic) bond motifs is 6. The van der Waals surface area contributed by atoms with Crippen LogP contribution in [0.15, 0.2) is 34.5 Å². The first-order valence-electron chi connectivity index (χ1n) is 24.3. The second kappa shape index (κ2) is 19.8. The van der Waals surface area contributed by atoms with E-state index in [1.54, 1.807) is 4.57 Å². The first kappa shape index (κ1) is 49.7. The molecule has 6 fully saturated rings. The second-order valence-corrected chi connectivity index (χ2v) is 24.9. The highest BCUT2D eigenvalue weighted by atomic mass is 32.7. The molecule has 1 aliphatic heterocycles. The fourth-order valence-electron chi connectivity index (χ4n) is 14.1. The maximum atomic E-state index is 15.0. The van der Waals surface area contributed by atoms with Gasteiger partial charge in [-0.2, -0.15) is 0 Å². The summed E-state index contributed by atoms with van der Waals surface area (Å²) in [6.07, 6.45) is 7.17. The third-order valence-electron chi connectivity index (χ3n) is 17.6. The average molecular weight is 990 g/mol. The van der Waals surface area contributed by atoms with Crippen molar-refractivity contribution < 1.29 is 53.0 Å². The standard InChI is InChI=1S/C46H68N7O13PS/c1-24(29-10-11-30-28-9-8-26-17-27(55)12-14-45(26,2)31(28)18-34(57)46(29,30)3)6-5-7-37(59)63-23-68-67(61,65-39-25(20-54)16-32(40(39)62-4)52-15-13-35(58)51-44(52)60)66-43-33(56)19-36(64-43)53-22-50-38-41(47)48-21-49-42(38)53/h13,15,21-22,24-34,36,39-40,43,54-57H,5-12,14,16-20,23H2,1-4H3,(H2,47,48,49)(H,51,58,60)/t24?,25-,26?,27?,28?,29?,30?,31?,32-,33-,34?,36-,39+,40?,43-,45?,46?,67?/m1/s1. The number of hydrogen-bond donors (Lipinski definition) is 6. The normalized spacial score (nSPS) is 39.2. The quantitative estimate of drug-likeness (QED) is 0.0646. The lowest BCUT2D eigenvalue weighted by atomic mass is 9.43. The Hall–Kier alpha value is -3.24. The van der Waals surface area contributed by atoms with Crippen LogP contribution in [0.3, 0.4) is 0 Å². The summed E-state index contributed by atoms with van der Waals surface area (Å²) < 4.78 is 47.6. The molecule has 1 saturated heterocycles. The average Bonchev–Trinajstić information content (AvgIpc) is 4.08. The Kier molecular flexibility index (Phi) is 14.4. The third-order valence-corrected chi connectivity index (χ3v) is 20.9. The molecule has 22 heteroatoms. The molecule has 0 spiro atoms. The van der Waals surface area contributed by atoms with Crippen LogP contribution in [0.2, 0.25) is 0 Å². The molecule has 6 aliphatic rings. The number of rotatable bonds is 16. The van der Waals surface area contributed by atoms with Crippen LogP contribution in [0.4, 0.5) is 5.82 Å². The van der Waals surface area contributed by atoms with Crippen molar-refractivity contribution >= 4 is 41.1 Å². The van der Waals surface area contributed by atoms with Crippen LogP contribution in [0.25, 0.3) is 11.2 Å². The molecule has 18 atom stereocenters. The van der Waals surface area contributed by atoms with Gasteiger partial charge in [0.25, 0.3) is 5.56 Å². The number of aliphatic hydroxyl groups excluding tert-OH is 4. The van der Waals surface area contributed by atoms with Gasteiger partial charge >= 0.3 is 18.5 Å². The number of aromatic amines is 1. The number of anilines is 1. The number of carbonyl (C=O) groups excluding carboxylic acids is 1. The lowest BCUT2D eigenvalue weighted by molar-refractivity contribution is -0.175. The Bertz CT molecular complexity index is 2460. The molecule has 68 heavy (non-hydrogen) atoms. The monoisotopic (exact) mass is 989 g/mol. The summed E-state index contributed by atoms with van der Waals surface area (Å²) in [6.45, 7) is 2.02. The maximum absolute atomic E-state index is 15.0. The van der Waals surface area contributed by atoms with Gasteiger partial charge in [-0.05, 0) is 117 Å². The van der Waals surface area contributed by atoms with E-state index in [1.807, 2.05) is 0 Å². The topological polar surface area (TPSA) is 286 Å². The molecule has 5 aliphatic carbocycles. The van der Waals surface area contributed by atoms with Crippen LogP contribution < -0.4 is 17.0 Å². The summed E-state index contributed by atoms with van der Waals surface area (Å²) in [7, 11) is 1.37. The van der Waals surface area contributed by atoms with Crippen LogP contribution in [0.5, 0.6) is 0 Å². The number of ether oxygens (including phenoxy) is 3. The van der Waals surface area contributed by atoms with Gasteiger partial charge in [0.1, 0.15) is 42.3 Å². The largest absolute Gasteiger partial charge is 0.454 e. The number of nitrogens with one attached hydrogen (secondary N) is 1. The molecule has 3 aromatic rings. The highest BCUT2D eigenvalue weighted by Crippen LogP contribution is 2.69. The lowest BCUT2D eigenvalue weighted by Gasteiger charge is -2.62. The Balaban J connectivity index is 0.844. The minimum atomic E-state index is -4.51. The van der Waals surface area contributed by atoms with E-state index in [0.29, 0.717) is 58.6 Å². The number of esters is 1. The molecule has 9 rings (SSSR count). The highest BCUT2D eigenvalue weighted by Gasteiger charge is 2.64. The van der Waals surface area contributed by atoms with E-state index in [2.05, 4.69) is 40.7 Å². The number of imidazole rings is 1. The summed E-state index contributed by atoms with van der Waals surface area (Å²) in [5, 5.41) is 44.2. The molecular weight excluding hydrogens is 922 g/mol. The molecule has 0 aromatic carbocycles. The molecule has 5 saturated carbocycles. The Morgan fingerprint density at radius 3 is 2.60 bits per heavy atom. The van der Waals surface area contributed by atoms with Crippen LogP contribution in [-0.2, 0) is 32.6 Å². The Morgan fingerprint density at radius 2 is 1.84 bits per heavy atom. The fraction of sp³-hybridized carbons (Fsp3) is 0.783. The van der Waals surface area contributed by atoms with Gasteiger partial charge in [-0.3, -0.25) is 32.8 Å². The van der Waals surface area contributed by atoms with Crippen molar-refractivity contribution in [3.05, 3.63) is 45.8 Å². The van der Waals surface area contributed by atoms with E-state index in [4.69, 9.17) is 29.0 Å². The summed E-state index contributed by atoms with van der Waals surface area (Å²) in [5.74, 6) is 1.06. The maximum Gasteiger partial charge on any atom is 0.395 e. The summed E-state index contributed by atoms with van der Waals surface area (Å²) in [5.41, 5.74) is 5.32. The van der Waals surface area contributed by atoms with Crippen molar-refractivity contribution in [2.24, 2.45) is 52.3 Å². The van der Waals surface area contributed by atoms with Gasteiger partial charge in [-0.1, -0.05) is 20.8 Å². The number of nitrogen functional groups attached to an aromatic ring is 1. The summed E-state index contributed by atoms with van der Waals surface area (Å²) in [4.78, 5) is 52.8. The highest BCUT2D eigenvalue weighted by molar-refractivity contribution is 8.55. The van der Waals surface area contributed by atoms with Gasteiger partial charge in [-0.25, -0.2) is 24.3 Å². The van der Waals surface area contributed by atoms with Crippen molar-refractivity contribution in [2.75, 3.05) is 25.4 Å². The number of nitrogens with two attached hydrogens (primary N) is 1. The zero-order valence-corrected chi connectivity index (χ0v) is 40.9. The van der Waals surface area contributed by atoms with Crippen molar-refractivity contribution in [3.8, 4) is 0 Å². The van der Waals surface area contributed by atoms with Crippen LogP contribution in [0, 0.1) is 52.3 Å². The minimum absolute atomic E-state index is 0.0228. The van der Waals surface area contributed by atoms with Crippen molar-refractivity contribution in [3.63, 3.8) is 0 Å². The van der Waals surface area contributed by atoms with Gasteiger partial charge in [0, 0.05) is 56.1 Å². The van der Waals surface area contributed by atoms with Crippen LogP contribution in [-0.4, -0.2) is 112 Å². The van der Waals surface area contributed by atoms with Crippen LogP contribution in [0.1, 0.15) is 117 Å². The minimum Gasteiger partial charge on any atom is -0.454 e. The SMILES string of the molecule is COC1[C@@H](OP(=O)(O[C@H]2O[C@@H](n3cnc4c(N)ncnc43)C[C@H]2O)SCOC(=O)CCCC(C)C2CCC3C4CCC5CC(O)CCC5(C)C4CC(O)C23C)[C@@H](CO)C[C@H]1n1ccc(=O)[nH]c1=O. The molecule has 7 N–H and O–H groups in total.